The third-order valence-electron chi connectivity index (χ3n) is 6.12. The van der Waals surface area contributed by atoms with Crippen LogP contribution < -0.4 is 5.46 Å². The van der Waals surface area contributed by atoms with Crippen molar-refractivity contribution in [3.8, 4) is 11.1 Å². The highest BCUT2D eigenvalue weighted by Gasteiger charge is 2.51. The van der Waals surface area contributed by atoms with Crippen LogP contribution in [0.1, 0.15) is 41.5 Å². The van der Waals surface area contributed by atoms with E-state index in [0.717, 1.165) is 5.46 Å². The van der Waals surface area contributed by atoms with Crippen molar-refractivity contribution in [1.82, 2.24) is 0 Å². The zero-order valence-corrected chi connectivity index (χ0v) is 19.5. The predicted molar refractivity (Wildman–Crippen MR) is 132 cm³/mol. The molecule has 154 valence electrons. The molecule has 0 N–H and O–H groups in total. The molecule has 4 heteroatoms. The van der Waals surface area contributed by atoms with Crippen LogP contribution in [0, 0.1) is 0 Å². The predicted octanol–water partition coefficient (Wildman–Crippen LogP) is 7.05. The fourth-order valence-corrected chi connectivity index (χ4v) is 4.89. The van der Waals surface area contributed by atoms with Gasteiger partial charge in [-0.15, -0.1) is 11.3 Å². The van der Waals surface area contributed by atoms with Gasteiger partial charge >= 0.3 is 7.12 Å². The van der Waals surface area contributed by atoms with Crippen molar-refractivity contribution in [3.05, 3.63) is 66.7 Å². The highest BCUT2D eigenvalue weighted by Crippen LogP contribution is 2.38. The topological polar surface area (TPSA) is 18.5 Å². The Morgan fingerprint density at radius 2 is 1.30 bits per heavy atom. The van der Waals surface area contributed by atoms with Crippen molar-refractivity contribution in [3.63, 3.8) is 0 Å². The van der Waals surface area contributed by atoms with Crippen molar-refractivity contribution < 1.29 is 9.31 Å². The van der Waals surface area contributed by atoms with E-state index in [2.05, 4.69) is 94.4 Å². The van der Waals surface area contributed by atoms with E-state index >= 15 is 0 Å². The number of hydrogen-bond acceptors (Lipinski definition) is 3. The van der Waals surface area contributed by atoms with Crippen molar-refractivity contribution in [2.75, 3.05) is 0 Å². The Hall–Kier alpha value is -2.14. The summed E-state index contributed by atoms with van der Waals surface area (Å²) in [6, 6.07) is 23.9. The van der Waals surface area contributed by atoms with Crippen LogP contribution in [0.3, 0.4) is 0 Å². The van der Waals surface area contributed by atoms with Gasteiger partial charge in [-0.1, -0.05) is 68.4 Å². The van der Waals surface area contributed by atoms with Crippen molar-refractivity contribution in [2.24, 2.45) is 0 Å². The summed E-state index contributed by atoms with van der Waals surface area (Å²) in [6.07, 6.45) is 0. The maximum atomic E-state index is 6.23. The summed E-state index contributed by atoms with van der Waals surface area (Å²) in [5, 5.41) is 2.66. The monoisotopic (exact) mass is 416 g/mol. The van der Waals surface area contributed by atoms with Crippen LogP contribution in [-0.4, -0.2) is 18.3 Å². The van der Waals surface area contributed by atoms with Gasteiger partial charge < -0.3 is 9.31 Å². The summed E-state index contributed by atoms with van der Waals surface area (Å²) in [5.41, 5.74) is 2.81. The molecule has 0 atom stereocenters. The maximum Gasteiger partial charge on any atom is 0.494 e. The molecule has 0 amide bonds. The third-order valence-corrected chi connectivity index (χ3v) is 7.26. The van der Waals surface area contributed by atoms with Crippen LogP contribution in [-0.2, 0) is 9.31 Å². The second kappa shape index (κ2) is 7.84. The van der Waals surface area contributed by atoms with E-state index in [1.54, 1.807) is 0 Å². The van der Waals surface area contributed by atoms with E-state index in [0.29, 0.717) is 0 Å². The molecule has 1 aliphatic heterocycles. The van der Waals surface area contributed by atoms with E-state index in [9.17, 15) is 0 Å². The van der Waals surface area contributed by atoms with Gasteiger partial charge in [0, 0.05) is 20.2 Å². The van der Waals surface area contributed by atoms with Crippen LogP contribution in [0.5, 0.6) is 0 Å². The van der Waals surface area contributed by atoms with Gasteiger partial charge in [-0.2, -0.15) is 0 Å². The summed E-state index contributed by atoms with van der Waals surface area (Å²) in [5.74, 6) is 0. The number of rotatable bonds is 2. The molecule has 0 bridgehead atoms. The molecule has 1 fully saturated rings. The Balaban J connectivity index is 0.00000106. The van der Waals surface area contributed by atoms with Gasteiger partial charge in [0.15, 0.2) is 0 Å². The van der Waals surface area contributed by atoms with E-state index in [1.165, 1.54) is 31.3 Å². The normalized spacial score (nSPS) is 17.2. The molecule has 2 nitrogen and oxygen atoms in total. The lowest BCUT2D eigenvalue weighted by Gasteiger charge is -2.32. The molecule has 4 aromatic rings. The third kappa shape index (κ3) is 3.58. The van der Waals surface area contributed by atoms with Gasteiger partial charge in [0.25, 0.3) is 0 Å². The molecule has 1 aromatic heterocycles. The van der Waals surface area contributed by atoms with E-state index < -0.39 is 0 Å². The molecule has 0 spiro atoms. The molecule has 1 saturated heterocycles. The van der Waals surface area contributed by atoms with Crippen LogP contribution in [0.15, 0.2) is 66.7 Å². The van der Waals surface area contributed by atoms with E-state index in [-0.39, 0.29) is 18.3 Å². The molecule has 30 heavy (non-hydrogen) atoms. The van der Waals surface area contributed by atoms with Gasteiger partial charge in [-0.3, -0.25) is 0 Å². The Morgan fingerprint density at radius 1 is 0.667 bits per heavy atom. The molecule has 5 rings (SSSR count). The standard InChI is InChI=1S/C24H23BO2S.C2H6/c1-23(2)24(3,4)27-25(26-23)18-9-7-8-16(14-18)17-12-13-20-19-10-5-6-11-21(19)28-22(20)15-17;1-2/h5-15H,1-4H3;1-2H3. The first-order valence-electron chi connectivity index (χ1n) is 10.7. The van der Waals surface area contributed by atoms with Crippen LogP contribution in [0.4, 0.5) is 0 Å². The second-order valence-corrected chi connectivity index (χ2v) is 9.61. The maximum absolute atomic E-state index is 6.23. The van der Waals surface area contributed by atoms with Crippen molar-refractivity contribution >= 4 is 44.1 Å². The van der Waals surface area contributed by atoms with Gasteiger partial charge in [0.05, 0.1) is 11.2 Å². The van der Waals surface area contributed by atoms with Crippen molar-refractivity contribution in [2.45, 2.75) is 52.7 Å². The molecule has 3 aromatic carbocycles. The smallest absolute Gasteiger partial charge is 0.399 e. The molecular weight excluding hydrogens is 387 g/mol. The summed E-state index contributed by atoms with van der Waals surface area (Å²) in [7, 11) is -0.335. The lowest BCUT2D eigenvalue weighted by molar-refractivity contribution is 0.00578. The number of thiophene rings is 1. The largest absolute Gasteiger partial charge is 0.494 e. The quantitative estimate of drug-likeness (QED) is 0.326. The molecule has 2 heterocycles. The summed E-state index contributed by atoms with van der Waals surface area (Å²) in [6.45, 7) is 12.4. The van der Waals surface area contributed by atoms with Crippen LogP contribution >= 0.6 is 11.3 Å². The molecule has 0 aliphatic carbocycles. The fraction of sp³-hybridized carbons (Fsp3) is 0.308. The molecule has 0 saturated carbocycles. The number of benzene rings is 3. The van der Waals surface area contributed by atoms with Gasteiger partial charge in [0.2, 0.25) is 0 Å². The SMILES string of the molecule is CC.CC1(C)OB(c2cccc(-c3ccc4c(c3)sc3ccccc34)c2)OC1(C)C. The van der Waals surface area contributed by atoms with Crippen LogP contribution in [0.2, 0.25) is 0 Å². The first kappa shape index (κ1) is 21.1. The highest BCUT2D eigenvalue weighted by atomic mass is 32.1. The number of hydrogen-bond donors (Lipinski definition) is 0. The summed E-state index contributed by atoms with van der Waals surface area (Å²) < 4.78 is 15.1. The second-order valence-electron chi connectivity index (χ2n) is 8.52. The highest BCUT2D eigenvalue weighted by molar-refractivity contribution is 7.25. The minimum absolute atomic E-state index is 0.330. The lowest BCUT2D eigenvalue weighted by atomic mass is 9.78. The lowest BCUT2D eigenvalue weighted by Crippen LogP contribution is -2.41. The molecule has 0 unspecified atom stereocenters. The molecular formula is C26H29BO2S. The Bertz CT molecular complexity index is 1180. The van der Waals surface area contributed by atoms with Gasteiger partial charge in [-0.05, 0) is 56.4 Å². The van der Waals surface area contributed by atoms with Crippen molar-refractivity contribution in [1.29, 1.82) is 0 Å². The summed E-state index contributed by atoms with van der Waals surface area (Å²) in [4.78, 5) is 0. The van der Waals surface area contributed by atoms with E-state index in [4.69, 9.17) is 9.31 Å². The minimum atomic E-state index is -0.335. The average Bonchev–Trinajstić information content (AvgIpc) is 3.22. The zero-order chi connectivity index (χ0) is 21.5. The van der Waals surface area contributed by atoms with Gasteiger partial charge in [0.1, 0.15) is 0 Å². The number of fused-ring (bicyclic) bond motifs is 3. The first-order chi connectivity index (χ1) is 14.3. The minimum Gasteiger partial charge on any atom is -0.399 e. The van der Waals surface area contributed by atoms with E-state index in [1.807, 2.05) is 25.2 Å². The Labute approximate surface area is 184 Å². The van der Waals surface area contributed by atoms with Gasteiger partial charge in [-0.25, -0.2) is 0 Å². The van der Waals surface area contributed by atoms with Crippen LogP contribution in [0.25, 0.3) is 31.3 Å². The first-order valence-corrected chi connectivity index (χ1v) is 11.5. The molecule has 1 aliphatic rings. The average molecular weight is 416 g/mol. The fourth-order valence-electron chi connectivity index (χ4n) is 3.75. The Morgan fingerprint density at radius 3 is 2.03 bits per heavy atom. The molecule has 0 radical (unpaired) electrons. The zero-order valence-electron chi connectivity index (χ0n) is 18.7. The Kier molecular flexibility index (Phi) is 5.52. The summed E-state index contributed by atoms with van der Waals surface area (Å²) >= 11 is 1.85.